The van der Waals surface area contributed by atoms with Crippen LogP contribution in [-0.4, -0.2) is 9.78 Å². The van der Waals surface area contributed by atoms with Crippen LogP contribution in [0.2, 0.25) is 0 Å². The van der Waals surface area contributed by atoms with E-state index in [1.165, 1.54) is 11.8 Å². The molecule has 0 bridgehead atoms. The number of hydrogen-bond donors (Lipinski definition) is 0. The van der Waals surface area contributed by atoms with Crippen LogP contribution >= 0.6 is 11.8 Å². The van der Waals surface area contributed by atoms with E-state index in [1.807, 2.05) is 35.2 Å². The van der Waals surface area contributed by atoms with Crippen molar-refractivity contribution in [1.82, 2.24) is 9.78 Å². The number of nitriles is 1. The molecule has 0 radical (unpaired) electrons. The predicted molar refractivity (Wildman–Crippen MR) is 61.5 cm³/mol. The van der Waals surface area contributed by atoms with E-state index in [-0.39, 0.29) is 0 Å². The van der Waals surface area contributed by atoms with Gasteiger partial charge in [0.05, 0.1) is 5.70 Å². The molecule has 1 heterocycles. The number of hydrogen-bond acceptors (Lipinski definition) is 3. The molecule has 0 N–H and O–H groups in total. The molecule has 1 aromatic heterocycles. The molecule has 0 aromatic carbocycles. The van der Waals surface area contributed by atoms with E-state index in [0.29, 0.717) is 0 Å². The van der Waals surface area contributed by atoms with Crippen molar-refractivity contribution >= 4 is 17.5 Å². The Morgan fingerprint density at radius 2 is 2.33 bits per heavy atom. The smallest absolute Gasteiger partial charge is 0.138 e. The Bertz CT molecular complexity index is 461. The second-order valence-electron chi connectivity index (χ2n) is 2.95. The minimum absolute atomic E-state index is 0.826. The van der Waals surface area contributed by atoms with Crippen molar-refractivity contribution in [3.63, 3.8) is 0 Å². The molecule has 0 amide bonds. The maximum absolute atomic E-state index is 8.56. The van der Waals surface area contributed by atoms with Crippen molar-refractivity contribution in [3.8, 4) is 5.40 Å². The van der Waals surface area contributed by atoms with Crippen molar-refractivity contribution in [2.75, 3.05) is 0 Å². The van der Waals surface area contributed by atoms with Crippen molar-refractivity contribution in [1.29, 1.82) is 5.26 Å². The Labute approximate surface area is 92.4 Å². The first-order valence-corrected chi connectivity index (χ1v) is 5.36. The minimum Gasteiger partial charge on any atom is -0.241 e. The van der Waals surface area contributed by atoms with Crippen LogP contribution in [0, 0.1) is 10.7 Å². The number of aromatic nitrogens is 2. The van der Waals surface area contributed by atoms with Gasteiger partial charge in [-0.05, 0) is 36.4 Å². The zero-order valence-corrected chi connectivity index (χ0v) is 8.81. The molecule has 0 aliphatic heterocycles. The van der Waals surface area contributed by atoms with Crippen molar-refractivity contribution in [2.24, 2.45) is 0 Å². The van der Waals surface area contributed by atoms with Gasteiger partial charge in [0.2, 0.25) is 0 Å². The first-order valence-electron chi connectivity index (χ1n) is 4.54. The Hall–Kier alpha value is -1.73. The second-order valence-corrected chi connectivity index (χ2v) is 3.81. The number of rotatable bonds is 2. The van der Waals surface area contributed by atoms with E-state index in [2.05, 4.69) is 16.6 Å². The molecule has 0 fully saturated rings. The molecule has 4 heteroatoms. The van der Waals surface area contributed by atoms with Gasteiger partial charge in [-0.3, -0.25) is 0 Å². The van der Waals surface area contributed by atoms with E-state index < -0.39 is 0 Å². The zero-order valence-electron chi connectivity index (χ0n) is 8.00. The van der Waals surface area contributed by atoms with Gasteiger partial charge >= 0.3 is 0 Å². The van der Waals surface area contributed by atoms with E-state index in [4.69, 9.17) is 5.26 Å². The van der Waals surface area contributed by atoms with Crippen LogP contribution in [0.15, 0.2) is 47.7 Å². The zero-order chi connectivity index (χ0) is 10.5. The minimum atomic E-state index is 0.826. The van der Waals surface area contributed by atoms with Crippen molar-refractivity contribution in [3.05, 3.63) is 47.7 Å². The average Bonchev–Trinajstić information content (AvgIpc) is 2.67. The molecular formula is C11H9N3S. The monoisotopic (exact) mass is 215 g/mol. The normalized spacial score (nSPS) is 15.1. The van der Waals surface area contributed by atoms with Gasteiger partial charge in [-0.2, -0.15) is 10.4 Å². The highest BCUT2D eigenvalue weighted by Gasteiger charge is 2.00. The van der Waals surface area contributed by atoms with E-state index >= 15 is 0 Å². The molecule has 74 valence electrons. The average molecular weight is 215 g/mol. The van der Waals surface area contributed by atoms with Crippen LogP contribution < -0.4 is 0 Å². The summed E-state index contributed by atoms with van der Waals surface area (Å²) in [5, 5.41) is 14.8. The Morgan fingerprint density at radius 3 is 3.07 bits per heavy atom. The van der Waals surface area contributed by atoms with Crippen molar-refractivity contribution < 1.29 is 0 Å². The molecule has 0 spiro atoms. The van der Waals surface area contributed by atoms with Gasteiger partial charge in [0.25, 0.3) is 0 Å². The van der Waals surface area contributed by atoms with Gasteiger partial charge in [-0.1, -0.05) is 12.2 Å². The van der Waals surface area contributed by atoms with Crippen LogP contribution in [0.4, 0.5) is 0 Å². The molecule has 1 aliphatic rings. The molecular weight excluding hydrogens is 206 g/mol. The Morgan fingerprint density at radius 1 is 1.40 bits per heavy atom. The topological polar surface area (TPSA) is 41.6 Å². The molecule has 0 saturated carbocycles. The maximum atomic E-state index is 8.56. The van der Waals surface area contributed by atoms with Crippen LogP contribution in [0.5, 0.6) is 0 Å². The fraction of sp³-hybridized carbons (Fsp3) is 0.0909. The molecule has 3 nitrogen and oxygen atoms in total. The van der Waals surface area contributed by atoms with Gasteiger partial charge in [0.15, 0.2) is 0 Å². The number of nitrogens with zero attached hydrogens (tertiary/aromatic N) is 3. The van der Waals surface area contributed by atoms with Crippen LogP contribution in [-0.2, 0) is 0 Å². The summed E-state index contributed by atoms with van der Waals surface area (Å²) in [6.45, 7) is 0. The van der Waals surface area contributed by atoms with Crippen LogP contribution in [0.3, 0.4) is 0 Å². The summed E-state index contributed by atoms with van der Waals surface area (Å²) in [6, 6.07) is 1.89. The Kier molecular flexibility index (Phi) is 3.05. The van der Waals surface area contributed by atoms with Crippen molar-refractivity contribution in [2.45, 2.75) is 6.42 Å². The molecule has 0 unspecified atom stereocenters. The first kappa shape index (κ1) is 9.81. The fourth-order valence-corrected chi connectivity index (χ4v) is 1.74. The second kappa shape index (κ2) is 4.67. The quantitative estimate of drug-likeness (QED) is 0.712. The van der Waals surface area contributed by atoms with E-state index in [9.17, 15) is 0 Å². The number of thiocyanates is 1. The van der Waals surface area contributed by atoms with Gasteiger partial charge in [-0.25, -0.2) is 4.68 Å². The summed E-state index contributed by atoms with van der Waals surface area (Å²) in [6.07, 6.45) is 12.5. The molecule has 0 atom stereocenters. The SMILES string of the molecule is N#CSC1=CCC=C(n2cccn2)C=C1. The molecule has 1 aromatic rings. The predicted octanol–water partition coefficient (Wildman–Crippen LogP) is 2.78. The third-order valence-electron chi connectivity index (χ3n) is 2.00. The molecule has 15 heavy (non-hydrogen) atoms. The van der Waals surface area contributed by atoms with Gasteiger partial charge < -0.3 is 0 Å². The lowest BCUT2D eigenvalue weighted by molar-refractivity contribution is 0.907. The molecule has 1 aliphatic carbocycles. The van der Waals surface area contributed by atoms with Gasteiger partial charge in [0.1, 0.15) is 5.40 Å². The molecule has 0 saturated heterocycles. The standard InChI is InChI=1S/C11H9N3S/c12-9-15-11-4-1-3-10(5-6-11)14-8-2-7-13-14/h2-8H,1H2. The lowest BCUT2D eigenvalue weighted by Gasteiger charge is -1.99. The fourth-order valence-electron chi connectivity index (χ4n) is 1.32. The number of thioether (sulfide) groups is 1. The largest absolute Gasteiger partial charge is 0.241 e. The highest BCUT2D eigenvalue weighted by molar-refractivity contribution is 8.07. The first-order chi connectivity index (χ1) is 7.40. The van der Waals surface area contributed by atoms with Crippen LogP contribution in [0.25, 0.3) is 5.70 Å². The summed E-state index contributed by atoms with van der Waals surface area (Å²) in [5.74, 6) is 0. The summed E-state index contributed by atoms with van der Waals surface area (Å²) in [7, 11) is 0. The Balaban J connectivity index is 2.18. The van der Waals surface area contributed by atoms with E-state index in [1.54, 1.807) is 6.20 Å². The lowest BCUT2D eigenvalue weighted by atomic mass is 10.3. The summed E-state index contributed by atoms with van der Waals surface area (Å²) in [5.41, 5.74) is 1.03. The highest BCUT2D eigenvalue weighted by atomic mass is 32.2. The summed E-state index contributed by atoms with van der Waals surface area (Å²) in [4.78, 5) is 0.982. The third kappa shape index (κ3) is 2.39. The van der Waals surface area contributed by atoms with Crippen LogP contribution in [0.1, 0.15) is 6.42 Å². The summed E-state index contributed by atoms with van der Waals surface area (Å²) < 4.78 is 1.81. The maximum Gasteiger partial charge on any atom is 0.138 e. The summed E-state index contributed by atoms with van der Waals surface area (Å²) >= 11 is 1.18. The number of allylic oxidation sites excluding steroid dienone is 5. The molecule has 2 rings (SSSR count). The van der Waals surface area contributed by atoms with Gasteiger partial charge in [0, 0.05) is 17.3 Å². The lowest BCUT2D eigenvalue weighted by Crippen LogP contribution is -1.93. The van der Waals surface area contributed by atoms with E-state index in [0.717, 1.165) is 17.0 Å². The third-order valence-corrected chi connectivity index (χ3v) is 2.63. The van der Waals surface area contributed by atoms with Gasteiger partial charge in [-0.15, -0.1) is 0 Å². The highest BCUT2D eigenvalue weighted by Crippen LogP contribution is 2.21.